The van der Waals surface area contributed by atoms with Crippen molar-refractivity contribution < 1.29 is 22.0 Å². The van der Waals surface area contributed by atoms with Crippen LogP contribution in [-0.2, 0) is 14.8 Å². The molecule has 9 heteroatoms. The summed E-state index contributed by atoms with van der Waals surface area (Å²) >= 11 is 0. The Hall–Kier alpha value is -2.05. The molecule has 0 saturated carbocycles. The van der Waals surface area contributed by atoms with Crippen LogP contribution < -0.4 is 10.0 Å². The zero-order valence-electron chi connectivity index (χ0n) is 10.7. The molecule has 0 radical (unpaired) electrons. The van der Waals surface area contributed by atoms with E-state index in [0.29, 0.717) is 0 Å². The van der Waals surface area contributed by atoms with Crippen LogP contribution in [0, 0.1) is 28.9 Å². The van der Waals surface area contributed by atoms with Gasteiger partial charge in [-0.1, -0.05) is 0 Å². The van der Waals surface area contributed by atoms with Crippen LogP contribution in [0.25, 0.3) is 0 Å². The van der Waals surface area contributed by atoms with Crippen molar-refractivity contribution in [2.75, 3.05) is 17.2 Å². The lowest BCUT2D eigenvalue weighted by atomic mass is 10.1. The molecule has 2 rings (SSSR count). The first kappa shape index (κ1) is 15.3. The molecule has 0 bridgehead atoms. The van der Waals surface area contributed by atoms with Crippen LogP contribution in [-0.4, -0.2) is 26.6 Å². The van der Waals surface area contributed by atoms with Gasteiger partial charge in [0.05, 0.1) is 17.4 Å². The van der Waals surface area contributed by atoms with Crippen LogP contribution in [0.4, 0.5) is 14.5 Å². The van der Waals surface area contributed by atoms with Crippen LogP contribution in [0.5, 0.6) is 0 Å². The van der Waals surface area contributed by atoms with Crippen molar-refractivity contribution in [2.24, 2.45) is 11.1 Å². The van der Waals surface area contributed by atoms with Crippen molar-refractivity contribution in [1.82, 2.24) is 0 Å². The number of benzene rings is 1. The summed E-state index contributed by atoms with van der Waals surface area (Å²) in [6, 6.07) is 3.23. The Labute approximate surface area is 119 Å². The molecule has 1 unspecified atom stereocenters. The lowest BCUT2D eigenvalue weighted by molar-refractivity contribution is -0.117. The second-order valence-electron chi connectivity index (χ2n) is 4.80. The number of amides is 1. The molecule has 0 spiro atoms. The van der Waals surface area contributed by atoms with Crippen molar-refractivity contribution in [1.29, 1.82) is 5.26 Å². The SMILES string of the molecule is N#Cc1cc(F)c(N2CC(CS(N)(=O)=O)CC2=O)c(F)c1. The van der Waals surface area contributed by atoms with Gasteiger partial charge in [0, 0.05) is 18.9 Å². The van der Waals surface area contributed by atoms with Crippen molar-refractivity contribution >= 4 is 21.6 Å². The maximum atomic E-state index is 13.9. The molecule has 0 aromatic heterocycles. The van der Waals surface area contributed by atoms with Gasteiger partial charge in [-0.2, -0.15) is 5.26 Å². The largest absolute Gasteiger partial charge is 0.307 e. The molecule has 6 nitrogen and oxygen atoms in total. The van der Waals surface area contributed by atoms with Gasteiger partial charge < -0.3 is 4.90 Å². The van der Waals surface area contributed by atoms with Crippen molar-refractivity contribution in [2.45, 2.75) is 6.42 Å². The highest BCUT2D eigenvalue weighted by Gasteiger charge is 2.35. The zero-order chi connectivity index (χ0) is 15.8. The van der Waals surface area contributed by atoms with E-state index >= 15 is 0 Å². The molecule has 1 aromatic carbocycles. The third kappa shape index (κ3) is 3.34. The monoisotopic (exact) mass is 315 g/mol. The molecule has 1 aliphatic rings. The third-order valence-corrected chi connectivity index (χ3v) is 4.03. The number of hydrogen-bond acceptors (Lipinski definition) is 4. The number of rotatable bonds is 3. The van der Waals surface area contributed by atoms with Gasteiger partial charge in [-0.3, -0.25) is 4.79 Å². The second-order valence-corrected chi connectivity index (χ2v) is 6.46. The molecule has 1 aliphatic heterocycles. The fourth-order valence-corrected chi connectivity index (χ4v) is 3.21. The van der Waals surface area contributed by atoms with Gasteiger partial charge in [0.15, 0.2) is 11.6 Å². The average molecular weight is 315 g/mol. The van der Waals surface area contributed by atoms with E-state index in [4.69, 9.17) is 10.4 Å². The minimum Gasteiger partial charge on any atom is -0.307 e. The highest BCUT2D eigenvalue weighted by Crippen LogP contribution is 2.31. The Balaban J connectivity index is 2.32. The summed E-state index contributed by atoms with van der Waals surface area (Å²) in [4.78, 5) is 12.7. The molecule has 1 heterocycles. The maximum Gasteiger partial charge on any atom is 0.227 e. The van der Waals surface area contributed by atoms with Crippen LogP contribution in [0.15, 0.2) is 12.1 Å². The Morgan fingerprint density at radius 1 is 1.38 bits per heavy atom. The normalized spacial score (nSPS) is 18.9. The average Bonchev–Trinajstić information content (AvgIpc) is 2.66. The number of carbonyl (C=O) groups is 1. The molecule has 112 valence electrons. The summed E-state index contributed by atoms with van der Waals surface area (Å²) in [7, 11) is -3.78. The quantitative estimate of drug-likeness (QED) is 0.875. The maximum absolute atomic E-state index is 13.9. The van der Waals surface area contributed by atoms with E-state index < -0.39 is 44.9 Å². The number of nitrogens with two attached hydrogens (primary N) is 1. The molecule has 1 amide bonds. The molecule has 1 fully saturated rings. The van der Waals surface area contributed by atoms with Gasteiger partial charge in [0.25, 0.3) is 0 Å². The minimum absolute atomic E-state index is 0.144. The molecule has 2 N–H and O–H groups in total. The first-order valence-corrected chi connectivity index (χ1v) is 7.63. The second kappa shape index (κ2) is 5.38. The lowest BCUT2D eigenvalue weighted by Gasteiger charge is -2.18. The fourth-order valence-electron chi connectivity index (χ4n) is 2.33. The third-order valence-electron chi connectivity index (χ3n) is 3.09. The van der Waals surface area contributed by atoms with Gasteiger partial charge in [-0.05, 0) is 12.1 Å². The molecular weight excluding hydrogens is 304 g/mol. The summed E-state index contributed by atoms with van der Waals surface area (Å²) in [5.41, 5.74) is -0.780. The molecule has 1 aromatic rings. The van der Waals surface area contributed by atoms with E-state index in [-0.39, 0.29) is 18.5 Å². The number of nitrogens with zero attached hydrogens (tertiary/aromatic N) is 2. The Bertz CT molecular complexity index is 720. The number of halogens is 2. The fraction of sp³-hybridized carbons (Fsp3) is 0.333. The van der Waals surface area contributed by atoms with E-state index in [1.54, 1.807) is 6.07 Å². The highest BCUT2D eigenvalue weighted by atomic mass is 32.2. The topological polar surface area (TPSA) is 104 Å². The summed E-state index contributed by atoms with van der Waals surface area (Å²) in [6.45, 7) is -0.144. The first-order chi connectivity index (χ1) is 9.71. The predicted molar refractivity (Wildman–Crippen MR) is 69.5 cm³/mol. The van der Waals surface area contributed by atoms with E-state index in [9.17, 15) is 22.0 Å². The van der Waals surface area contributed by atoms with Crippen molar-refractivity contribution in [3.8, 4) is 6.07 Å². The van der Waals surface area contributed by atoms with Crippen LogP contribution in [0.2, 0.25) is 0 Å². The number of hydrogen-bond donors (Lipinski definition) is 1. The van der Waals surface area contributed by atoms with Gasteiger partial charge in [-0.25, -0.2) is 22.3 Å². The number of sulfonamides is 1. The highest BCUT2D eigenvalue weighted by molar-refractivity contribution is 7.89. The lowest BCUT2D eigenvalue weighted by Crippen LogP contribution is -2.29. The van der Waals surface area contributed by atoms with E-state index in [2.05, 4.69) is 0 Å². The van der Waals surface area contributed by atoms with Crippen LogP contribution >= 0.6 is 0 Å². The van der Waals surface area contributed by atoms with Gasteiger partial charge >= 0.3 is 0 Å². The molecule has 0 aliphatic carbocycles. The smallest absolute Gasteiger partial charge is 0.227 e. The van der Waals surface area contributed by atoms with Crippen LogP contribution in [0.3, 0.4) is 0 Å². The molecule has 1 saturated heterocycles. The number of anilines is 1. The van der Waals surface area contributed by atoms with Gasteiger partial charge in [-0.15, -0.1) is 0 Å². The number of carbonyl (C=O) groups excluding carboxylic acids is 1. The van der Waals surface area contributed by atoms with E-state index in [0.717, 1.165) is 17.0 Å². The molecule has 21 heavy (non-hydrogen) atoms. The summed E-state index contributed by atoms with van der Waals surface area (Å²) < 4.78 is 49.8. The predicted octanol–water partition coefficient (Wildman–Crippen LogP) is 0.478. The van der Waals surface area contributed by atoms with E-state index in [1.807, 2.05) is 0 Å². The van der Waals surface area contributed by atoms with Gasteiger partial charge in [0.2, 0.25) is 15.9 Å². The number of nitriles is 1. The standard InChI is InChI=1S/C12H11F2N3O3S/c13-9-1-7(4-15)2-10(14)12(9)17-5-8(3-11(17)18)6-21(16,19)20/h1-2,8H,3,5-6H2,(H2,16,19,20). The molecule has 1 atom stereocenters. The Morgan fingerprint density at radius 3 is 2.43 bits per heavy atom. The number of primary sulfonamides is 1. The summed E-state index contributed by atoms with van der Waals surface area (Å²) in [5, 5.41) is 13.5. The zero-order valence-corrected chi connectivity index (χ0v) is 11.5. The van der Waals surface area contributed by atoms with Crippen molar-refractivity contribution in [3.63, 3.8) is 0 Å². The first-order valence-electron chi connectivity index (χ1n) is 5.91. The Kier molecular flexibility index (Phi) is 3.93. The minimum atomic E-state index is -3.78. The van der Waals surface area contributed by atoms with Crippen LogP contribution in [0.1, 0.15) is 12.0 Å². The van der Waals surface area contributed by atoms with Gasteiger partial charge in [0.1, 0.15) is 5.69 Å². The Morgan fingerprint density at radius 2 is 1.95 bits per heavy atom. The van der Waals surface area contributed by atoms with E-state index in [1.165, 1.54) is 0 Å². The summed E-state index contributed by atoms with van der Waals surface area (Å²) in [6.07, 6.45) is -0.157. The summed E-state index contributed by atoms with van der Waals surface area (Å²) in [5.74, 6) is -3.74. The van der Waals surface area contributed by atoms with Crippen molar-refractivity contribution in [3.05, 3.63) is 29.3 Å². The molecular formula is C12H11F2N3O3S.